The molecule has 0 amide bonds. The summed E-state index contributed by atoms with van der Waals surface area (Å²) in [5.41, 5.74) is 2.68. The molecule has 0 unspecified atom stereocenters. The number of H-pyrrole nitrogens is 1. The van der Waals surface area contributed by atoms with E-state index < -0.39 is 5.82 Å². The van der Waals surface area contributed by atoms with Gasteiger partial charge in [-0.25, -0.2) is 9.37 Å². The summed E-state index contributed by atoms with van der Waals surface area (Å²) in [4.78, 5) is 14.5. The van der Waals surface area contributed by atoms with Gasteiger partial charge in [0.2, 0.25) is 5.88 Å². The molecular formula is C28H31FN4O2. The second kappa shape index (κ2) is 10.9. The van der Waals surface area contributed by atoms with Crippen LogP contribution in [0.15, 0.2) is 54.7 Å². The van der Waals surface area contributed by atoms with E-state index in [2.05, 4.69) is 19.9 Å². The van der Waals surface area contributed by atoms with E-state index in [0.717, 1.165) is 35.5 Å². The van der Waals surface area contributed by atoms with Crippen molar-refractivity contribution in [3.05, 3.63) is 77.6 Å². The first-order valence-corrected chi connectivity index (χ1v) is 12.4. The van der Waals surface area contributed by atoms with Crippen LogP contribution in [0, 0.1) is 12.7 Å². The molecule has 1 aliphatic rings. The van der Waals surface area contributed by atoms with Gasteiger partial charge >= 0.3 is 0 Å². The summed E-state index contributed by atoms with van der Waals surface area (Å²) >= 11 is 0. The van der Waals surface area contributed by atoms with Gasteiger partial charge in [-0.2, -0.15) is 4.98 Å². The molecule has 6 nitrogen and oxygen atoms in total. The number of nitrogens with one attached hydrogen (secondary N) is 1. The third kappa shape index (κ3) is 5.98. The Morgan fingerprint density at radius 3 is 2.83 bits per heavy atom. The lowest BCUT2D eigenvalue weighted by molar-refractivity contribution is 0.205. The predicted octanol–water partition coefficient (Wildman–Crippen LogP) is 6.04. The van der Waals surface area contributed by atoms with Crippen LogP contribution in [0.2, 0.25) is 0 Å². The number of aromatic nitrogens is 3. The van der Waals surface area contributed by atoms with Crippen LogP contribution in [0.25, 0.3) is 10.9 Å². The number of hydrogen-bond donors (Lipinski definition) is 1. The van der Waals surface area contributed by atoms with Crippen LogP contribution in [0.4, 0.5) is 4.39 Å². The molecule has 1 N–H and O–H groups in total. The molecule has 0 aliphatic carbocycles. The fourth-order valence-electron chi connectivity index (χ4n) is 4.59. The molecule has 1 fully saturated rings. The average molecular weight is 475 g/mol. The Bertz CT molecular complexity index is 1280. The predicted molar refractivity (Wildman–Crippen MR) is 135 cm³/mol. The van der Waals surface area contributed by atoms with Gasteiger partial charge in [-0.05, 0) is 75.2 Å². The summed E-state index contributed by atoms with van der Waals surface area (Å²) in [7, 11) is 0. The van der Waals surface area contributed by atoms with Crippen LogP contribution < -0.4 is 9.47 Å². The Morgan fingerprint density at radius 2 is 1.94 bits per heavy atom. The third-order valence-corrected chi connectivity index (χ3v) is 6.33. The van der Waals surface area contributed by atoms with Crippen molar-refractivity contribution in [2.75, 3.05) is 26.2 Å². The molecule has 2 aromatic carbocycles. The first kappa shape index (κ1) is 23.3. The van der Waals surface area contributed by atoms with Crippen LogP contribution in [0.5, 0.6) is 17.4 Å². The van der Waals surface area contributed by atoms with Crippen LogP contribution in [-0.2, 0) is 6.42 Å². The fraction of sp³-hybridized carbons (Fsp3) is 0.357. The first-order chi connectivity index (χ1) is 17.1. The maximum Gasteiger partial charge on any atom is 0.222 e. The van der Waals surface area contributed by atoms with Gasteiger partial charge in [0.05, 0.1) is 6.61 Å². The van der Waals surface area contributed by atoms with E-state index in [1.807, 2.05) is 31.2 Å². The van der Waals surface area contributed by atoms with Gasteiger partial charge in [0.1, 0.15) is 11.6 Å². The SMILES string of the molecule is Cc1cc2c(F)c(Oc3ccnc(Cc4cccc(OCCCN5CCCCC5)c4)n3)ccc2[nH]1. The number of aromatic amines is 1. The van der Waals surface area contributed by atoms with Gasteiger partial charge in [0.15, 0.2) is 11.6 Å². The summed E-state index contributed by atoms with van der Waals surface area (Å²) in [6, 6.07) is 14.8. The van der Waals surface area contributed by atoms with E-state index in [0.29, 0.717) is 30.1 Å². The van der Waals surface area contributed by atoms with E-state index in [9.17, 15) is 4.39 Å². The zero-order valence-corrected chi connectivity index (χ0v) is 20.1. The quantitative estimate of drug-likeness (QED) is 0.300. The minimum atomic E-state index is -0.405. The summed E-state index contributed by atoms with van der Waals surface area (Å²) in [5.74, 6) is 1.50. The Labute approximate surface area is 205 Å². The van der Waals surface area contributed by atoms with Crippen LogP contribution in [0.3, 0.4) is 0 Å². The zero-order valence-electron chi connectivity index (χ0n) is 20.1. The molecule has 7 heteroatoms. The number of hydrogen-bond acceptors (Lipinski definition) is 5. The molecule has 3 heterocycles. The van der Waals surface area contributed by atoms with Crippen molar-refractivity contribution in [3.8, 4) is 17.4 Å². The van der Waals surface area contributed by atoms with Crippen molar-refractivity contribution in [3.63, 3.8) is 0 Å². The normalized spacial score (nSPS) is 14.3. The molecule has 5 rings (SSSR count). The highest BCUT2D eigenvalue weighted by Gasteiger charge is 2.13. The van der Waals surface area contributed by atoms with Crippen molar-refractivity contribution >= 4 is 10.9 Å². The summed E-state index contributed by atoms with van der Waals surface area (Å²) < 4.78 is 26.7. The highest BCUT2D eigenvalue weighted by molar-refractivity contribution is 5.82. The number of rotatable bonds is 9. The Hall–Kier alpha value is -3.45. The van der Waals surface area contributed by atoms with Crippen molar-refractivity contribution in [1.29, 1.82) is 0 Å². The van der Waals surface area contributed by atoms with Crippen molar-refractivity contribution in [2.45, 2.75) is 39.0 Å². The molecule has 0 atom stereocenters. The number of likely N-dealkylation sites (tertiary alicyclic amines) is 1. The summed E-state index contributed by atoms with van der Waals surface area (Å²) in [5, 5.41) is 0.502. The standard InChI is InChI=1S/C28H31FN4O2/c1-20-17-23-24(31-20)9-10-25(28(23)29)35-27-11-12-30-26(32-27)19-21-7-5-8-22(18-21)34-16-6-15-33-13-3-2-4-14-33/h5,7-12,17-18,31H,2-4,6,13-16,19H2,1H3. The van der Waals surface area contributed by atoms with Crippen molar-refractivity contribution < 1.29 is 13.9 Å². The topological polar surface area (TPSA) is 63.3 Å². The lowest BCUT2D eigenvalue weighted by Crippen LogP contribution is -2.31. The van der Waals surface area contributed by atoms with E-state index in [1.54, 1.807) is 30.5 Å². The second-order valence-electron chi connectivity index (χ2n) is 9.13. The highest BCUT2D eigenvalue weighted by atomic mass is 19.1. The largest absolute Gasteiger partial charge is 0.494 e. The second-order valence-corrected chi connectivity index (χ2v) is 9.13. The number of halogens is 1. The van der Waals surface area contributed by atoms with Crippen molar-refractivity contribution in [2.24, 2.45) is 0 Å². The number of piperidine rings is 1. The van der Waals surface area contributed by atoms with Gasteiger partial charge in [0, 0.05) is 41.8 Å². The Morgan fingerprint density at radius 1 is 1.06 bits per heavy atom. The van der Waals surface area contributed by atoms with Gasteiger partial charge in [-0.1, -0.05) is 18.6 Å². The molecule has 0 spiro atoms. The third-order valence-electron chi connectivity index (χ3n) is 6.33. The smallest absolute Gasteiger partial charge is 0.222 e. The summed E-state index contributed by atoms with van der Waals surface area (Å²) in [6.45, 7) is 6.12. The van der Waals surface area contributed by atoms with Crippen LogP contribution in [0.1, 0.15) is 42.8 Å². The van der Waals surface area contributed by atoms with Gasteiger partial charge in [0.25, 0.3) is 0 Å². The first-order valence-electron chi connectivity index (χ1n) is 12.4. The zero-order chi connectivity index (χ0) is 24.0. The molecule has 182 valence electrons. The van der Waals surface area contributed by atoms with Gasteiger partial charge < -0.3 is 19.4 Å². The summed E-state index contributed by atoms with van der Waals surface area (Å²) in [6.07, 6.45) is 7.17. The minimum Gasteiger partial charge on any atom is -0.494 e. The van der Waals surface area contributed by atoms with Crippen LogP contribution in [-0.4, -0.2) is 46.1 Å². The molecule has 4 aromatic rings. The number of nitrogens with zero attached hydrogens (tertiary/aromatic N) is 3. The lowest BCUT2D eigenvalue weighted by atomic mass is 10.1. The highest BCUT2D eigenvalue weighted by Crippen LogP contribution is 2.30. The minimum absolute atomic E-state index is 0.140. The number of aryl methyl sites for hydroxylation is 1. The van der Waals surface area contributed by atoms with Gasteiger partial charge in [-0.3, -0.25) is 0 Å². The number of benzene rings is 2. The number of fused-ring (bicyclic) bond motifs is 1. The monoisotopic (exact) mass is 474 g/mol. The number of ether oxygens (including phenoxy) is 2. The van der Waals surface area contributed by atoms with Crippen LogP contribution >= 0.6 is 0 Å². The van der Waals surface area contributed by atoms with E-state index in [1.165, 1.54) is 32.4 Å². The average Bonchev–Trinajstić information content (AvgIpc) is 3.26. The molecule has 35 heavy (non-hydrogen) atoms. The van der Waals surface area contributed by atoms with E-state index in [4.69, 9.17) is 9.47 Å². The van der Waals surface area contributed by atoms with Crippen molar-refractivity contribution in [1.82, 2.24) is 19.9 Å². The molecule has 0 saturated carbocycles. The van der Waals surface area contributed by atoms with E-state index >= 15 is 0 Å². The molecule has 1 aliphatic heterocycles. The Balaban J connectivity index is 1.19. The van der Waals surface area contributed by atoms with Gasteiger partial charge in [-0.15, -0.1) is 0 Å². The molecule has 1 saturated heterocycles. The van der Waals surface area contributed by atoms with E-state index in [-0.39, 0.29) is 5.75 Å². The maximum absolute atomic E-state index is 14.9. The molecule has 2 aromatic heterocycles. The fourth-order valence-corrected chi connectivity index (χ4v) is 4.59. The lowest BCUT2D eigenvalue weighted by Gasteiger charge is -2.26. The molecular weight excluding hydrogens is 443 g/mol. The Kier molecular flexibility index (Phi) is 7.23. The maximum atomic E-state index is 14.9. The molecule has 0 bridgehead atoms. The molecule has 0 radical (unpaired) electrons.